The average Bonchev–Trinajstić information content (AvgIpc) is 3.33. The van der Waals surface area contributed by atoms with E-state index in [-0.39, 0.29) is 23.6 Å². The Hall–Kier alpha value is -3.05. The highest BCUT2D eigenvalue weighted by molar-refractivity contribution is 7.14. The van der Waals surface area contributed by atoms with Crippen LogP contribution in [0.5, 0.6) is 0 Å². The van der Waals surface area contributed by atoms with Crippen LogP contribution in [-0.2, 0) is 11.2 Å². The van der Waals surface area contributed by atoms with Gasteiger partial charge in [-0.3, -0.25) is 4.79 Å². The van der Waals surface area contributed by atoms with Crippen molar-refractivity contribution >= 4 is 33.1 Å². The van der Waals surface area contributed by atoms with Gasteiger partial charge in [0.1, 0.15) is 5.82 Å². The molecule has 0 saturated carbocycles. The minimum absolute atomic E-state index is 0.00133. The Bertz CT molecular complexity index is 1230. The minimum Gasteiger partial charge on any atom is -0.302 e. The number of carbonyl (C=O) groups is 1. The number of carbonyl (C=O) groups excluding carboxylic acids is 1. The molecule has 1 heterocycles. The second-order valence-electron chi connectivity index (χ2n) is 7.47. The predicted molar refractivity (Wildman–Crippen MR) is 116 cm³/mol. The molecule has 1 aliphatic carbocycles. The zero-order valence-corrected chi connectivity index (χ0v) is 16.7. The SMILES string of the molecule is C[C@H]1c2ccccc2C[C@@H]1C(=O)Nc1nc(-c2ccc(F)c3ccccc23)cs1. The van der Waals surface area contributed by atoms with Gasteiger partial charge in [0.15, 0.2) is 5.13 Å². The van der Waals surface area contributed by atoms with Crippen molar-refractivity contribution in [2.45, 2.75) is 19.3 Å². The van der Waals surface area contributed by atoms with Gasteiger partial charge < -0.3 is 5.32 Å². The monoisotopic (exact) mass is 402 g/mol. The van der Waals surface area contributed by atoms with Gasteiger partial charge in [-0.05, 0) is 41.0 Å². The number of nitrogens with one attached hydrogen (secondary N) is 1. The van der Waals surface area contributed by atoms with E-state index in [4.69, 9.17) is 0 Å². The predicted octanol–water partition coefficient (Wildman–Crippen LogP) is 6.02. The maximum atomic E-state index is 14.1. The lowest BCUT2D eigenvalue weighted by molar-refractivity contribution is -0.120. The zero-order chi connectivity index (χ0) is 20.0. The fraction of sp³-hybridized carbons (Fsp3) is 0.167. The molecule has 1 aliphatic rings. The van der Waals surface area contributed by atoms with E-state index in [1.807, 2.05) is 35.7 Å². The topological polar surface area (TPSA) is 42.0 Å². The third kappa shape index (κ3) is 3.12. The van der Waals surface area contributed by atoms with Crippen LogP contribution in [0.4, 0.5) is 9.52 Å². The Balaban J connectivity index is 1.39. The number of rotatable bonds is 3. The van der Waals surface area contributed by atoms with E-state index in [2.05, 4.69) is 29.4 Å². The highest BCUT2D eigenvalue weighted by atomic mass is 32.1. The van der Waals surface area contributed by atoms with E-state index < -0.39 is 0 Å². The molecule has 0 fully saturated rings. The number of thiazole rings is 1. The van der Waals surface area contributed by atoms with Crippen molar-refractivity contribution in [3.05, 3.63) is 83.0 Å². The third-order valence-electron chi connectivity index (χ3n) is 5.81. The summed E-state index contributed by atoms with van der Waals surface area (Å²) in [5.74, 6) is -0.153. The number of amides is 1. The number of halogens is 1. The minimum atomic E-state index is -0.247. The molecular weight excluding hydrogens is 383 g/mol. The van der Waals surface area contributed by atoms with Gasteiger partial charge in [0.05, 0.1) is 5.69 Å². The van der Waals surface area contributed by atoms with E-state index in [0.29, 0.717) is 10.5 Å². The van der Waals surface area contributed by atoms with Crippen LogP contribution < -0.4 is 5.32 Å². The van der Waals surface area contributed by atoms with E-state index >= 15 is 0 Å². The highest BCUT2D eigenvalue weighted by Gasteiger charge is 2.34. The van der Waals surface area contributed by atoms with E-state index in [1.54, 1.807) is 12.1 Å². The molecule has 5 rings (SSSR count). The first-order valence-corrected chi connectivity index (χ1v) is 10.5. The Morgan fingerprint density at radius 2 is 1.83 bits per heavy atom. The van der Waals surface area contributed by atoms with Gasteiger partial charge in [0.25, 0.3) is 0 Å². The summed E-state index contributed by atoms with van der Waals surface area (Å²) >= 11 is 1.39. The molecule has 0 saturated heterocycles. The lowest BCUT2D eigenvalue weighted by atomic mass is 9.94. The van der Waals surface area contributed by atoms with E-state index in [0.717, 1.165) is 23.1 Å². The van der Waals surface area contributed by atoms with E-state index in [1.165, 1.54) is 28.5 Å². The summed E-state index contributed by atoms with van der Waals surface area (Å²) in [5, 5.41) is 6.85. The summed E-state index contributed by atoms with van der Waals surface area (Å²) in [4.78, 5) is 17.5. The number of aromatic nitrogens is 1. The van der Waals surface area contributed by atoms with Crippen LogP contribution in [0.2, 0.25) is 0 Å². The molecule has 0 unspecified atom stereocenters. The molecule has 4 aromatic rings. The van der Waals surface area contributed by atoms with Gasteiger partial charge in [0, 0.05) is 22.2 Å². The fourth-order valence-electron chi connectivity index (χ4n) is 4.25. The highest BCUT2D eigenvalue weighted by Crippen LogP contribution is 2.38. The number of hydrogen-bond donors (Lipinski definition) is 1. The van der Waals surface area contributed by atoms with Crippen molar-refractivity contribution in [1.82, 2.24) is 4.98 Å². The molecule has 0 bridgehead atoms. The summed E-state index contributed by atoms with van der Waals surface area (Å²) in [6.07, 6.45) is 0.754. The van der Waals surface area contributed by atoms with Crippen LogP contribution in [0.15, 0.2) is 66.0 Å². The summed E-state index contributed by atoms with van der Waals surface area (Å²) in [7, 11) is 0. The molecule has 29 heavy (non-hydrogen) atoms. The second kappa shape index (κ2) is 7.08. The largest absolute Gasteiger partial charge is 0.302 e. The average molecular weight is 402 g/mol. The molecule has 1 aromatic heterocycles. The van der Waals surface area contributed by atoms with Gasteiger partial charge >= 0.3 is 0 Å². The van der Waals surface area contributed by atoms with Crippen molar-refractivity contribution in [3.8, 4) is 11.3 Å². The Labute approximate surface area is 172 Å². The van der Waals surface area contributed by atoms with Crippen LogP contribution in [-0.4, -0.2) is 10.9 Å². The molecule has 0 aliphatic heterocycles. The molecule has 3 nitrogen and oxygen atoms in total. The number of nitrogens with zero attached hydrogens (tertiary/aromatic N) is 1. The molecule has 144 valence electrons. The Morgan fingerprint density at radius 1 is 1.07 bits per heavy atom. The number of anilines is 1. The smallest absolute Gasteiger partial charge is 0.230 e. The van der Waals surface area contributed by atoms with Crippen LogP contribution in [0.25, 0.3) is 22.0 Å². The summed E-state index contributed by atoms with van der Waals surface area (Å²) < 4.78 is 14.1. The molecule has 2 atom stereocenters. The number of benzene rings is 3. The quantitative estimate of drug-likeness (QED) is 0.455. The summed E-state index contributed by atoms with van der Waals surface area (Å²) in [6.45, 7) is 2.11. The van der Waals surface area contributed by atoms with Crippen molar-refractivity contribution in [3.63, 3.8) is 0 Å². The molecular formula is C24H19FN2OS. The lowest BCUT2D eigenvalue weighted by Crippen LogP contribution is -2.25. The van der Waals surface area contributed by atoms with Crippen LogP contribution >= 0.6 is 11.3 Å². The maximum absolute atomic E-state index is 14.1. The van der Waals surface area contributed by atoms with Crippen LogP contribution in [0.3, 0.4) is 0 Å². The summed E-state index contributed by atoms with van der Waals surface area (Å²) in [6, 6.07) is 18.8. The normalized spacial score (nSPS) is 18.0. The Morgan fingerprint density at radius 3 is 2.66 bits per heavy atom. The first-order valence-electron chi connectivity index (χ1n) is 9.63. The van der Waals surface area contributed by atoms with Crippen LogP contribution in [0.1, 0.15) is 24.0 Å². The second-order valence-corrected chi connectivity index (χ2v) is 8.32. The lowest BCUT2D eigenvalue weighted by Gasteiger charge is -2.14. The van der Waals surface area contributed by atoms with Crippen molar-refractivity contribution in [2.75, 3.05) is 5.32 Å². The molecule has 1 N–H and O–H groups in total. The maximum Gasteiger partial charge on any atom is 0.230 e. The summed E-state index contributed by atoms with van der Waals surface area (Å²) in [5.41, 5.74) is 4.10. The first-order chi connectivity index (χ1) is 14.1. The first kappa shape index (κ1) is 18.0. The molecule has 5 heteroatoms. The van der Waals surface area contributed by atoms with Crippen molar-refractivity contribution in [2.24, 2.45) is 5.92 Å². The molecule has 0 radical (unpaired) electrons. The molecule has 0 spiro atoms. The standard InChI is InChI=1S/C24H19FN2OS/c1-14-16-7-3-2-6-15(16)12-20(14)23(28)27-24-26-22(13-29-24)19-10-11-21(25)18-9-5-4-8-17(18)19/h2-11,13-14,20H,12H2,1H3,(H,26,27,28)/t14-,20-/m0/s1. The van der Waals surface area contributed by atoms with Crippen molar-refractivity contribution < 1.29 is 9.18 Å². The van der Waals surface area contributed by atoms with Gasteiger partial charge in [-0.25, -0.2) is 9.37 Å². The Kier molecular flexibility index (Phi) is 4.40. The zero-order valence-electron chi connectivity index (χ0n) is 15.9. The third-order valence-corrected chi connectivity index (χ3v) is 6.56. The number of hydrogen-bond acceptors (Lipinski definition) is 3. The van der Waals surface area contributed by atoms with E-state index in [9.17, 15) is 9.18 Å². The molecule has 1 amide bonds. The van der Waals surface area contributed by atoms with Gasteiger partial charge in [-0.15, -0.1) is 11.3 Å². The van der Waals surface area contributed by atoms with Crippen molar-refractivity contribution in [1.29, 1.82) is 0 Å². The fourth-order valence-corrected chi connectivity index (χ4v) is 4.97. The van der Waals surface area contributed by atoms with Gasteiger partial charge in [0.2, 0.25) is 5.91 Å². The number of fused-ring (bicyclic) bond motifs is 2. The van der Waals surface area contributed by atoms with Gasteiger partial charge in [-0.2, -0.15) is 0 Å². The van der Waals surface area contributed by atoms with Gasteiger partial charge in [-0.1, -0.05) is 55.5 Å². The van der Waals surface area contributed by atoms with Crippen LogP contribution in [0, 0.1) is 11.7 Å². The molecule has 3 aromatic carbocycles.